The van der Waals surface area contributed by atoms with Crippen LogP contribution < -0.4 is 21.3 Å². The molecule has 0 spiro atoms. The number of nitrogens with one attached hydrogen (secondary N) is 2. The minimum atomic E-state index is -1.03. The maximum Gasteiger partial charge on any atom is 0.255 e. The summed E-state index contributed by atoms with van der Waals surface area (Å²) >= 11 is 0. The van der Waals surface area contributed by atoms with Crippen LogP contribution in [0.4, 0.5) is 11.4 Å². The Kier molecular flexibility index (Phi) is 9.94. The largest absolute Gasteiger partial charge is 0.510 e. The molecular weight excluding hydrogens is 558 g/mol. The van der Waals surface area contributed by atoms with Gasteiger partial charge in [-0.1, -0.05) is 0 Å². The van der Waals surface area contributed by atoms with E-state index in [0.29, 0.717) is 11.3 Å². The first-order valence-electron chi connectivity index (χ1n) is 14.0. The van der Waals surface area contributed by atoms with Crippen LogP contribution >= 0.6 is 0 Å². The zero-order chi connectivity index (χ0) is 32.5. The van der Waals surface area contributed by atoms with Gasteiger partial charge in [0.25, 0.3) is 5.91 Å². The standard InChI is InChI=1S/C30H43N5O8/c1-30(2,3)32-12-21(39)33-17-11-18(34(4)5)16-9-14(22(20(38)13-36)27(41)23(16)26(17)40)8-15-10-19(37)24(29(31)43)28(42)25(15)35(6)7/h11,14-15,25,32,36,40-42H,8-10,12-13H2,1-7H3,(H2,31,43)(H,33,39)/t14-,15-,25+/m1/s1. The lowest BCUT2D eigenvalue weighted by Crippen LogP contribution is -2.45. The van der Waals surface area contributed by atoms with Gasteiger partial charge in [-0.15, -0.1) is 0 Å². The molecule has 2 aliphatic carbocycles. The summed E-state index contributed by atoms with van der Waals surface area (Å²) in [5.41, 5.74) is 5.48. The number of primary amides is 1. The molecule has 3 rings (SSSR count). The van der Waals surface area contributed by atoms with Crippen LogP contribution in [0.5, 0.6) is 5.75 Å². The number of rotatable bonds is 10. The number of phenols is 1. The number of amides is 2. The van der Waals surface area contributed by atoms with Crippen molar-refractivity contribution in [3.8, 4) is 5.75 Å². The van der Waals surface area contributed by atoms with Crippen molar-refractivity contribution in [2.75, 3.05) is 51.6 Å². The van der Waals surface area contributed by atoms with E-state index in [9.17, 15) is 39.6 Å². The van der Waals surface area contributed by atoms with Gasteiger partial charge in [-0.05, 0) is 71.2 Å². The zero-order valence-electron chi connectivity index (χ0n) is 25.7. The monoisotopic (exact) mass is 601 g/mol. The third-order valence-corrected chi connectivity index (χ3v) is 7.81. The Morgan fingerprint density at radius 2 is 1.70 bits per heavy atom. The van der Waals surface area contributed by atoms with Gasteiger partial charge in [-0.25, -0.2) is 0 Å². The number of aromatic hydroxyl groups is 1. The number of hydrogen-bond donors (Lipinski definition) is 7. The smallest absolute Gasteiger partial charge is 0.255 e. The van der Waals surface area contributed by atoms with Crippen LogP contribution in [0.25, 0.3) is 5.76 Å². The lowest BCUT2D eigenvalue weighted by molar-refractivity contribution is -0.123. The van der Waals surface area contributed by atoms with Crippen LogP contribution in [0.1, 0.15) is 44.7 Å². The molecule has 0 saturated heterocycles. The van der Waals surface area contributed by atoms with Crippen molar-refractivity contribution in [1.29, 1.82) is 0 Å². The molecule has 43 heavy (non-hydrogen) atoms. The number of likely N-dealkylation sites (N-methyl/N-ethyl adjacent to an activating group) is 1. The van der Waals surface area contributed by atoms with Crippen LogP contribution in [0, 0.1) is 11.8 Å². The van der Waals surface area contributed by atoms with Crippen molar-refractivity contribution in [2.24, 2.45) is 17.6 Å². The Labute approximate surface area is 251 Å². The number of nitrogens with zero attached hydrogens (tertiary/aromatic N) is 2. The summed E-state index contributed by atoms with van der Waals surface area (Å²) in [4.78, 5) is 53.9. The first-order valence-corrected chi connectivity index (χ1v) is 14.0. The van der Waals surface area contributed by atoms with Gasteiger partial charge in [0.2, 0.25) is 5.91 Å². The maximum atomic E-state index is 13.1. The van der Waals surface area contributed by atoms with Gasteiger partial charge in [-0.3, -0.25) is 24.1 Å². The second-order valence-corrected chi connectivity index (χ2v) is 12.6. The SMILES string of the molecule is CN(C)c1cc(NC(=O)CNC(C)(C)C)c(O)c2c1C[C@@H](C[C@@H]1CC(=O)C(C(N)=O)=C(O)[C@H]1N(C)C)C(C(=O)CO)=C2O. The molecule has 2 aliphatic rings. The zero-order valence-corrected chi connectivity index (χ0v) is 25.7. The minimum Gasteiger partial charge on any atom is -0.510 e. The first kappa shape index (κ1) is 33.6. The highest BCUT2D eigenvalue weighted by atomic mass is 16.3. The molecule has 0 radical (unpaired) electrons. The molecular formula is C30H43N5O8. The average Bonchev–Trinajstić information content (AvgIpc) is 2.87. The highest BCUT2D eigenvalue weighted by Crippen LogP contribution is 2.48. The van der Waals surface area contributed by atoms with E-state index in [-0.39, 0.29) is 48.2 Å². The van der Waals surface area contributed by atoms with Gasteiger partial charge in [0.1, 0.15) is 29.4 Å². The molecule has 236 valence electrons. The Bertz CT molecular complexity index is 1390. The van der Waals surface area contributed by atoms with E-state index in [2.05, 4.69) is 10.6 Å². The fraction of sp³-hybridized carbons (Fsp3) is 0.533. The Balaban J connectivity index is 2.12. The van der Waals surface area contributed by atoms with E-state index < -0.39 is 70.7 Å². The number of carbonyl (C=O) groups is 4. The quantitative estimate of drug-likeness (QED) is 0.149. The molecule has 0 saturated carbocycles. The van der Waals surface area contributed by atoms with Crippen LogP contribution in [0.2, 0.25) is 0 Å². The first-order chi connectivity index (χ1) is 19.9. The summed E-state index contributed by atoms with van der Waals surface area (Å²) in [7, 11) is 6.83. The number of benzene rings is 1. The molecule has 0 aromatic heterocycles. The van der Waals surface area contributed by atoms with Gasteiger partial charge >= 0.3 is 0 Å². The second-order valence-electron chi connectivity index (χ2n) is 12.6. The number of phenolic OH excluding ortho intramolecular Hbond substituents is 1. The molecule has 0 bridgehead atoms. The fourth-order valence-electron chi connectivity index (χ4n) is 5.99. The lowest BCUT2D eigenvalue weighted by atomic mass is 9.71. The van der Waals surface area contributed by atoms with E-state index >= 15 is 0 Å². The number of ketones is 2. The Morgan fingerprint density at radius 1 is 1.07 bits per heavy atom. The van der Waals surface area contributed by atoms with Crippen LogP contribution in [-0.4, -0.2) is 102 Å². The summed E-state index contributed by atoms with van der Waals surface area (Å²) in [5, 5.41) is 49.2. The normalized spacial score (nSPS) is 20.8. The Hall–Kier alpha value is -3.94. The van der Waals surface area contributed by atoms with E-state index in [1.165, 1.54) is 0 Å². The molecule has 13 nitrogen and oxygen atoms in total. The molecule has 1 aromatic carbocycles. The third kappa shape index (κ3) is 7.00. The summed E-state index contributed by atoms with van der Waals surface area (Å²) in [6.07, 6.45) is 0.0917. The minimum absolute atomic E-state index is 0.0311. The molecule has 0 heterocycles. The van der Waals surface area contributed by atoms with E-state index in [1.54, 1.807) is 44.1 Å². The number of carbonyl (C=O) groups excluding carboxylic acids is 4. The maximum absolute atomic E-state index is 13.1. The van der Waals surface area contributed by atoms with E-state index in [4.69, 9.17) is 5.73 Å². The van der Waals surface area contributed by atoms with Crippen molar-refractivity contribution in [2.45, 2.75) is 51.6 Å². The highest BCUT2D eigenvalue weighted by Gasteiger charge is 2.43. The van der Waals surface area contributed by atoms with Crippen LogP contribution in [-0.2, 0) is 25.6 Å². The van der Waals surface area contributed by atoms with Gasteiger partial charge in [-0.2, -0.15) is 0 Å². The van der Waals surface area contributed by atoms with Crippen molar-refractivity contribution >= 4 is 40.5 Å². The predicted molar refractivity (Wildman–Crippen MR) is 162 cm³/mol. The third-order valence-electron chi connectivity index (χ3n) is 7.81. The summed E-state index contributed by atoms with van der Waals surface area (Å²) in [6, 6.07) is 0.794. The summed E-state index contributed by atoms with van der Waals surface area (Å²) < 4.78 is 0. The summed E-state index contributed by atoms with van der Waals surface area (Å²) in [6.45, 7) is 4.74. The molecule has 0 aliphatic heterocycles. The predicted octanol–water partition coefficient (Wildman–Crippen LogP) is 0.994. The van der Waals surface area contributed by atoms with Crippen molar-refractivity contribution < 1.29 is 39.6 Å². The van der Waals surface area contributed by atoms with Crippen molar-refractivity contribution in [3.63, 3.8) is 0 Å². The molecule has 0 fully saturated rings. The second kappa shape index (κ2) is 12.7. The van der Waals surface area contributed by atoms with Gasteiger partial charge < -0.3 is 41.7 Å². The number of aliphatic hydroxyl groups excluding tert-OH is 3. The fourth-order valence-corrected chi connectivity index (χ4v) is 5.99. The van der Waals surface area contributed by atoms with E-state index in [0.717, 1.165) is 0 Å². The van der Waals surface area contributed by atoms with Crippen molar-refractivity contribution in [3.05, 3.63) is 34.1 Å². The molecule has 3 atom stereocenters. The van der Waals surface area contributed by atoms with E-state index in [1.807, 2.05) is 20.8 Å². The number of hydrogen-bond acceptors (Lipinski definition) is 11. The van der Waals surface area contributed by atoms with Gasteiger partial charge in [0.15, 0.2) is 11.6 Å². The molecule has 13 heteroatoms. The molecule has 1 aromatic rings. The Morgan fingerprint density at radius 3 is 2.21 bits per heavy atom. The average molecular weight is 602 g/mol. The lowest BCUT2D eigenvalue weighted by Gasteiger charge is -2.39. The van der Waals surface area contributed by atoms with Crippen LogP contribution in [0.15, 0.2) is 23.0 Å². The highest BCUT2D eigenvalue weighted by molar-refractivity contribution is 6.20. The van der Waals surface area contributed by atoms with Crippen molar-refractivity contribution in [1.82, 2.24) is 10.2 Å². The number of nitrogens with two attached hydrogens (primary N) is 1. The van der Waals surface area contributed by atoms with Gasteiger partial charge in [0, 0.05) is 37.3 Å². The number of fused-ring (bicyclic) bond motifs is 1. The molecule has 0 unspecified atom stereocenters. The summed E-state index contributed by atoms with van der Waals surface area (Å²) in [5.74, 6) is -5.61. The number of Topliss-reactive ketones (excluding diaryl/α,β-unsaturated/α-hetero) is 2. The van der Waals surface area contributed by atoms with Gasteiger partial charge in [0.05, 0.1) is 23.8 Å². The number of anilines is 2. The molecule has 8 N–H and O–H groups in total. The van der Waals surface area contributed by atoms with Crippen LogP contribution in [0.3, 0.4) is 0 Å². The molecule has 2 amide bonds. The topological polar surface area (TPSA) is 206 Å². The number of aliphatic hydroxyl groups is 3.